The van der Waals surface area contributed by atoms with Crippen LogP contribution in [0.5, 0.6) is 0 Å². The van der Waals surface area contributed by atoms with Gasteiger partial charge in [-0.25, -0.2) is 0 Å². The summed E-state index contributed by atoms with van der Waals surface area (Å²) in [6.07, 6.45) is 1.85. The quantitative estimate of drug-likeness (QED) is 0.831. The van der Waals surface area contributed by atoms with E-state index >= 15 is 0 Å². The van der Waals surface area contributed by atoms with E-state index in [1.165, 1.54) is 10.5 Å². The van der Waals surface area contributed by atoms with Crippen molar-refractivity contribution in [1.29, 1.82) is 0 Å². The summed E-state index contributed by atoms with van der Waals surface area (Å²) in [5.41, 5.74) is 2.60. The highest BCUT2D eigenvalue weighted by Crippen LogP contribution is 2.22. The maximum Gasteiger partial charge on any atom is 0.0506 e. The molecule has 0 saturated heterocycles. The Morgan fingerprint density at radius 3 is 2.65 bits per heavy atom. The highest BCUT2D eigenvalue weighted by molar-refractivity contribution is 7.98. The fraction of sp³-hybridized carbons (Fsp3) is 0.353. The van der Waals surface area contributed by atoms with Crippen molar-refractivity contribution in [3.63, 3.8) is 0 Å². The van der Waals surface area contributed by atoms with Crippen molar-refractivity contribution < 1.29 is 0 Å². The molecule has 2 aromatic rings. The number of aromatic nitrogens is 1. The average molecular weight is 286 g/mol. The number of hydrogen-bond acceptors (Lipinski definition) is 3. The van der Waals surface area contributed by atoms with Gasteiger partial charge in [0.05, 0.1) is 5.69 Å². The number of pyridine rings is 1. The van der Waals surface area contributed by atoms with Crippen LogP contribution in [0.15, 0.2) is 53.6 Å². The number of thioether (sulfide) groups is 1. The maximum absolute atomic E-state index is 4.35. The van der Waals surface area contributed by atoms with Gasteiger partial charge in [-0.05, 0) is 50.6 Å². The second-order valence-corrected chi connectivity index (χ2v) is 6.91. The summed E-state index contributed by atoms with van der Waals surface area (Å²) >= 11 is 1.83. The first-order valence-electron chi connectivity index (χ1n) is 6.90. The second kappa shape index (κ2) is 6.91. The second-order valence-electron chi connectivity index (χ2n) is 5.86. The van der Waals surface area contributed by atoms with E-state index in [0.29, 0.717) is 0 Å². The number of benzene rings is 1. The molecule has 106 valence electrons. The molecule has 0 amide bonds. The summed E-state index contributed by atoms with van der Waals surface area (Å²) in [4.78, 5) is 5.65. The van der Waals surface area contributed by atoms with E-state index in [0.717, 1.165) is 18.0 Å². The van der Waals surface area contributed by atoms with E-state index in [9.17, 15) is 0 Å². The number of nitrogens with one attached hydrogen (secondary N) is 1. The van der Waals surface area contributed by atoms with Crippen LogP contribution in [0.3, 0.4) is 0 Å². The molecule has 1 aromatic carbocycles. The van der Waals surface area contributed by atoms with Crippen LogP contribution in [0.2, 0.25) is 0 Å². The lowest BCUT2D eigenvalue weighted by Gasteiger charge is -2.20. The van der Waals surface area contributed by atoms with Gasteiger partial charge in [-0.2, -0.15) is 0 Å². The van der Waals surface area contributed by atoms with Gasteiger partial charge in [-0.3, -0.25) is 4.98 Å². The Kier molecular flexibility index (Phi) is 5.21. The summed E-state index contributed by atoms with van der Waals surface area (Å²) in [6, 6.07) is 14.8. The molecule has 0 saturated carbocycles. The van der Waals surface area contributed by atoms with Gasteiger partial charge in [0, 0.05) is 28.9 Å². The third-order valence-electron chi connectivity index (χ3n) is 2.83. The number of rotatable bonds is 5. The summed E-state index contributed by atoms with van der Waals surface area (Å²) in [7, 11) is 0. The van der Waals surface area contributed by atoms with Gasteiger partial charge in [0.1, 0.15) is 0 Å². The van der Waals surface area contributed by atoms with Gasteiger partial charge in [0.25, 0.3) is 0 Å². The Bertz CT molecular complexity index is 532. The summed E-state index contributed by atoms with van der Waals surface area (Å²) in [6.45, 7) is 7.47. The van der Waals surface area contributed by atoms with Gasteiger partial charge in [-0.1, -0.05) is 18.2 Å². The first-order chi connectivity index (χ1) is 9.53. The molecule has 2 rings (SSSR count). The fourth-order valence-electron chi connectivity index (χ4n) is 1.75. The minimum Gasteiger partial charge on any atom is -0.308 e. The van der Waals surface area contributed by atoms with Crippen LogP contribution >= 0.6 is 11.8 Å². The Hall–Kier alpha value is -1.32. The SMILES string of the molecule is CC(C)(C)NCc1cccc(SCc2ccccn2)c1. The molecule has 0 fully saturated rings. The molecule has 3 heteroatoms. The lowest BCUT2D eigenvalue weighted by molar-refractivity contribution is 0.424. The highest BCUT2D eigenvalue weighted by atomic mass is 32.2. The Labute approximate surface area is 126 Å². The largest absolute Gasteiger partial charge is 0.308 e. The summed E-state index contributed by atoms with van der Waals surface area (Å²) in [5, 5.41) is 3.52. The van der Waals surface area contributed by atoms with Crippen molar-refractivity contribution in [2.45, 2.75) is 43.5 Å². The molecule has 1 aromatic heterocycles. The molecule has 1 N–H and O–H groups in total. The molecular weight excluding hydrogens is 264 g/mol. The van der Waals surface area contributed by atoms with E-state index in [-0.39, 0.29) is 5.54 Å². The summed E-state index contributed by atoms with van der Waals surface area (Å²) < 4.78 is 0. The van der Waals surface area contributed by atoms with Gasteiger partial charge in [0.2, 0.25) is 0 Å². The van der Waals surface area contributed by atoms with Gasteiger partial charge in [-0.15, -0.1) is 11.8 Å². The van der Waals surface area contributed by atoms with Crippen molar-refractivity contribution in [2.24, 2.45) is 0 Å². The molecule has 0 aliphatic rings. The van der Waals surface area contributed by atoms with Gasteiger partial charge < -0.3 is 5.32 Å². The predicted octanol–water partition coefficient (Wildman–Crippen LogP) is 4.26. The molecule has 0 aliphatic carbocycles. The lowest BCUT2D eigenvalue weighted by atomic mass is 10.1. The van der Waals surface area contributed by atoms with Crippen LogP contribution in [0.1, 0.15) is 32.0 Å². The normalized spacial score (nSPS) is 11.6. The molecule has 0 radical (unpaired) electrons. The Balaban J connectivity index is 1.92. The van der Waals surface area contributed by atoms with Gasteiger partial charge in [0.15, 0.2) is 0 Å². The third kappa shape index (κ3) is 5.35. The zero-order chi connectivity index (χ0) is 14.4. The molecule has 2 nitrogen and oxygen atoms in total. The smallest absolute Gasteiger partial charge is 0.0506 e. The molecular formula is C17H22N2S. The Morgan fingerprint density at radius 1 is 1.10 bits per heavy atom. The first-order valence-corrected chi connectivity index (χ1v) is 7.88. The fourth-order valence-corrected chi connectivity index (χ4v) is 2.65. The van der Waals surface area contributed by atoms with Crippen LogP contribution in [0.4, 0.5) is 0 Å². The van der Waals surface area contributed by atoms with Crippen LogP contribution in [0, 0.1) is 0 Å². The minimum atomic E-state index is 0.150. The van der Waals surface area contributed by atoms with E-state index < -0.39 is 0 Å². The minimum absolute atomic E-state index is 0.150. The van der Waals surface area contributed by atoms with Crippen molar-refractivity contribution >= 4 is 11.8 Å². The zero-order valence-electron chi connectivity index (χ0n) is 12.4. The monoisotopic (exact) mass is 286 g/mol. The van der Waals surface area contributed by atoms with Crippen molar-refractivity contribution in [3.05, 3.63) is 59.9 Å². The zero-order valence-corrected chi connectivity index (χ0v) is 13.2. The standard InChI is InChI=1S/C17H22N2S/c1-17(2,3)19-12-14-7-6-9-16(11-14)20-13-15-8-4-5-10-18-15/h4-11,19H,12-13H2,1-3H3. The van der Waals surface area contributed by atoms with Crippen molar-refractivity contribution in [1.82, 2.24) is 10.3 Å². The number of hydrogen-bond donors (Lipinski definition) is 1. The van der Waals surface area contributed by atoms with Crippen molar-refractivity contribution in [3.8, 4) is 0 Å². The molecule has 0 spiro atoms. The van der Waals surface area contributed by atoms with Crippen LogP contribution in [-0.4, -0.2) is 10.5 Å². The van der Waals surface area contributed by atoms with Crippen LogP contribution in [-0.2, 0) is 12.3 Å². The third-order valence-corrected chi connectivity index (χ3v) is 3.86. The average Bonchev–Trinajstić information content (AvgIpc) is 2.44. The lowest BCUT2D eigenvalue weighted by Crippen LogP contribution is -2.35. The van der Waals surface area contributed by atoms with Crippen LogP contribution in [0.25, 0.3) is 0 Å². The van der Waals surface area contributed by atoms with E-state index in [4.69, 9.17) is 0 Å². The van der Waals surface area contributed by atoms with Gasteiger partial charge >= 0.3 is 0 Å². The van der Waals surface area contributed by atoms with E-state index in [1.807, 2.05) is 30.1 Å². The summed E-state index contributed by atoms with van der Waals surface area (Å²) in [5.74, 6) is 0.914. The van der Waals surface area contributed by atoms with Crippen LogP contribution < -0.4 is 5.32 Å². The molecule has 0 bridgehead atoms. The first kappa shape index (κ1) is 15.1. The number of nitrogens with zero attached hydrogens (tertiary/aromatic N) is 1. The predicted molar refractivity (Wildman–Crippen MR) is 86.8 cm³/mol. The molecule has 0 atom stereocenters. The van der Waals surface area contributed by atoms with Crippen molar-refractivity contribution in [2.75, 3.05) is 0 Å². The van der Waals surface area contributed by atoms with E-state index in [2.05, 4.69) is 61.4 Å². The molecule has 20 heavy (non-hydrogen) atoms. The maximum atomic E-state index is 4.35. The highest BCUT2D eigenvalue weighted by Gasteiger charge is 2.08. The molecule has 1 heterocycles. The molecule has 0 unspecified atom stereocenters. The molecule has 0 aliphatic heterocycles. The topological polar surface area (TPSA) is 24.9 Å². The Morgan fingerprint density at radius 2 is 1.95 bits per heavy atom. The van der Waals surface area contributed by atoms with E-state index in [1.54, 1.807) is 0 Å².